The van der Waals surface area contributed by atoms with E-state index in [1.807, 2.05) is 6.07 Å². The lowest BCUT2D eigenvalue weighted by atomic mass is 10.2. The van der Waals surface area contributed by atoms with Crippen molar-refractivity contribution in [2.24, 2.45) is 0 Å². The molecule has 2 aromatic heterocycles. The maximum atomic E-state index is 11.5. The molecular weight excluding hydrogens is 212 g/mol. The fourth-order valence-corrected chi connectivity index (χ4v) is 2.41. The Morgan fingerprint density at radius 2 is 2.20 bits per heavy atom. The number of fused-ring (bicyclic) bond motifs is 1. The molecule has 0 atom stereocenters. The van der Waals surface area contributed by atoms with Crippen LogP contribution in [-0.2, 0) is 15.6 Å². The van der Waals surface area contributed by atoms with Gasteiger partial charge in [-0.25, -0.2) is 13.4 Å². The number of hydrogen-bond acceptors (Lipinski definition) is 3. The van der Waals surface area contributed by atoms with Gasteiger partial charge in [0.05, 0.1) is 5.75 Å². The first kappa shape index (κ1) is 10.2. The van der Waals surface area contributed by atoms with Gasteiger partial charge in [0.2, 0.25) is 0 Å². The lowest BCUT2D eigenvalue weighted by Crippen LogP contribution is -2.06. The highest BCUT2D eigenvalue weighted by Gasteiger charge is 2.11. The highest BCUT2D eigenvalue weighted by Crippen LogP contribution is 2.17. The fourth-order valence-electron chi connectivity index (χ4n) is 1.48. The largest absolute Gasteiger partial charge is 0.346 e. The second-order valence-corrected chi connectivity index (χ2v) is 5.74. The first-order valence-electron chi connectivity index (χ1n) is 4.74. The number of rotatable bonds is 3. The van der Waals surface area contributed by atoms with Crippen LogP contribution >= 0.6 is 0 Å². The quantitative estimate of drug-likeness (QED) is 0.859. The van der Waals surface area contributed by atoms with E-state index < -0.39 is 9.84 Å². The molecule has 0 aliphatic heterocycles. The Balaban J connectivity index is 2.48. The molecule has 15 heavy (non-hydrogen) atoms. The first-order chi connectivity index (χ1) is 7.12. The summed E-state index contributed by atoms with van der Waals surface area (Å²) in [6, 6.07) is 3.60. The standard InChI is InChI=1S/C10H12N2O2S/c1-2-15(13,14)7-8-3-5-11-10-9(8)4-6-12-10/h3-6H,2,7H2,1H3,(H,11,12). The monoisotopic (exact) mass is 224 g/mol. The maximum Gasteiger partial charge on any atom is 0.154 e. The minimum atomic E-state index is -2.98. The molecular formula is C10H12N2O2S. The maximum absolute atomic E-state index is 11.5. The number of H-pyrrole nitrogens is 1. The molecule has 0 amide bonds. The number of nitrogens with zero attached hydrogens (tertiary/aromatic N) is 1. The van der Waals surface area contributed by atoms with Crippen LogP contribution < -0.4 is 0 Å². The Morgan fingerprint density at radius 1 is 1.40 bits per heavy atom. The molecule has 0 spiro atoms. The summed E-state index contributed by atoms with van der Waals surface area (Å²) in [5, 5.41) is 0.884. The zero-order valence-corrected chi connectivity index (χ0v) is 9.21. The Hall–Kier alpha value is -1.36. The molecule has 0 aliphatic carbocycles. The molecule has 2 rings (SSSR count). The van der Waals surface area contributed by atoms with E-state index in [0.29, 0.717) is 0 Å². The van der Waals surface area contributed by atoms with Crippen LogP contribution in [0.15, 0.2) is 24.5 Å². The van der Waals surface area contributed by atoms with Gasteiger partial charge in [0.15, 0.2) is 9.84 Å². The number of aromatic amines is 1. The number of hydrogen-bond donors (Lipinski definition) is 1. The summed E-state index contributed by atoms with van der Waals surface area (Å²) >= 11 is 0. The Morgan fingerprint density at radius 3 is 2.93 bits per heavy atom. The molecule has 0 unspecified atom stereocenters. The summed E-state index contributed by atoms with van der Waals surface area (Å²) in [6.45, 7) is 1.66. The van der Waals surface area contributed by atoms with Gasteiger partial charge in [-0.15, -0.1) is 0 Å². The predicted molar refractivity (Wildman–Crippen MR) is 59.3 cm³/mol. The third kappa shape index (κ3) is 2.02. The molecule has 0 aromatic carbocycles. The molecule has 5 heteroatoms. The van der Waals surface area contributed by atoms with E-state index in [-0.39, 0.29) is 11.5 Å². The van der Waals surface area contributed by atoms with E-state index in [1.54, 1.807) is 25.4 Å². The smallest absolute Gasteiger partial charge is 0.154 e. The lowest BCUT2D eigenvalue weighted by molar-refractivity contribution is 0.596. The van der Waals surface area contributed by atoms with Crippen molar-refractivity contribution >= 4 is 20.9 Å². The van der Waals surface area contributed by atoms with Crippen LogP contribution in [0.4, 0.5) is 0 Å². The van der Waals surface area contributed by atoms with Gasteiger partial charge < -0.3 is 4.98 Å². The van der Waals surface area contributed by atoms with Crippen molar-refractivity contribution in [3.63, 3.8) is 0 Å². The Bertz CT molecular complexity index is 572. The van der Waals surface area contributed by atoms with Crippen molar-refractivity contribution in [1.29, 1.82) is 0 Å². The summed E-state index contributed by atoms with van der Waals surface area (Å²) in [5.74, 6) is 0.252. The summed E-state index contributed by atoms with van der Waals surface area (Å²) in [7, 11) is -2.98. The van der Waals surface area contributed by atoms with E-state index in [2.05, 4.69) is 9.97 Å². The molecule has 0 bridgehead atoms. The van der Waals surface area contributed by atoms with Crippen molar-refractivity contribution in [3.8, 4) is 0 Å². The van der Waals surface area contributed by atoms with Gasteiger partial charge in [-0.1, -0.05) is 6.92 Å². The first-order valence-corrected chi connectivity index (χ1v) is 6.56. The molecule has 0 saturated carbocycles. The SMILES string of the molecule is CCS(=O)(=O)Cc1ccnc2[nH]ccc12. The second kappa shape index (κ2) is 3.66. The molecule has 0 aliphatic rings. The van der Waals surface area contributed by atoms with Crippen molar-refractivity contribution in [3.05, 3.63) is 30.1 Å². The average Bonchev–Trinajstić information content (AvgIpc) is 2.66. The molecule has 4 nitrogen and oxygen atoms in total. The van der Waals surface area contributed by atoms with Gasteiger partial charge in [-0.05, 0) is 17.7 Å². The lowest BCUT2D eigenvalue weighted by Gasteiger charge is -2.02. The van der Waals surface area contributed by atoms with Gasteiger partial charge in [0.1, 0.15) is 5.65 Å². The van der Waals surface area contributed by atoms with Crippen LogP contribution in [-0.4, -0.2) is 24.1 Å². The minimum absolute atomic E-state index is 0.0837. The Labute approximate surface area is 88.3 Å². The predicted octanol–water partition coefficient (Wildman–Crippen LogP) is 1.50. The molecule has 2 heterocycles. The van der Waals surface area contributed by atoms with E-state index in [9.17, 15) is 8.42 Å². The van der Waals surface area contributed by atoms with Crippen LogP contribution in [0.2, 0.25) is 0 Å². The number of nitrogens with one attached hydrogen (secondary N) is 1. The van der Waals surface area contributed by atoms with Crippen molar-refractivity contribution < 1.29 is 8.42 Å². The van der Waals surface area contributed by atoms with Gasteiger partial charge in [-0.2, -0.15) is 0 Å². The molecule has 0 fully saturated rings. The summed E-state index contributed by atoms with van der Waals surface area (Å²) in [5.41, 5.74) is 1.54. The summed E-state index contributed by atoms with van der Waals surface area (Å²) in [4.78, 5) is 7.07. The Kier molecular flexibility index (Phi) is 2.48. The highest BCUT2D eigenvalue weighted by molar-refractivity contribution is 7.90. The number of sulfone groups is 1. The van der Waals surface area contributed by atoms with E-state index >= 15 is 0 Å². The van der Waals surface area contributed by atoms with Crippen LogP contribution in [0, 0.1) is 0 Å². The van der Waals surface area contributed by atoms with Gasteiger partial charge >= 0.3 is 0 Å². The van der Waals surface area contributed by atoms with Gasteiger partial charge in [0, 0.05) is 23.5 Å². The van der Waals surface area contributed by atoms with Gasteiger partial charge in [-0.3, -0.25) is 0 Å². The number of pyridine rings is 1. The molecule has 0 saturated heterocycles. The molecule has 80 valence electrons. The molecule has 2 aromatic rings. The number of aromatic nitrogens is 2. The fraction of sp³-hybridized carbons (Fsp3) is 0.300. The van der Waals surface area contributed by atoms with Crippen LogP contribution in [0.5, 0.6) is 0 Å². The van der Waals surface area contributed by atoms with E-state index in [1.165, 1.54) is 0 Å². The van der Waals surface area contributed by atoms with Gasteiger partial charge in [0.25, 0.3) is 0 Å². The molecule has 1 N–H and O–H groups in total. The van der Waals surface area contributed by atoms with Crippen LogP contribution in [0.3, 0.4) is 0 Å². The van der Waals surface area contributed by atoms with E-state index in [4.69, 9.17) is 0 Å². The highest BCUT2D eigenvalue weighted by atomic mass is 32.2. The average molecular weight is 224 g/mol. The van der Waals surface area contributed by atoms with Crippen LogP contribution in [0.1, 0.15) is 12.5 Å². The normalized spacial score (nSPS) is 12.1. The zero-order valence-electron chi connectivity index (χ0n) is 8.40. The second-order valence-electron chi connectivity index (χ2n) is 3.39. The van der Waals surface area contributed by atoms with Crippen molar-refractivity contribution in [2.45, 2.75) is 12.7 Å². The van der Waals surface area contributed by atoms with E-state index in [0.717, 1.165) is 16.6 Å². The third-order valence-electron chi connectivity index (χ3n) is 2.37. The van der Waals surface area contributed by atoms with Crippen LogP contribution in [0.25, 0.3) is 11.0 Å². The minimum Gasteiger partial charge on any atom is -0.346 e. The van der Waals surface area contributed by atoms with Crippen molar-refractivity contribution in [1.82, 2.24) is 9.97 Å². The zero-order chi connectivity index (χ0) is 10.9. The molecule has 0 radical (unpaired) electrons. The van der Waals surface area contributed by atoms with Crippen molar-refractivity contribution in [2.75, 3.05) is 5.75 Å². The third-order valence-corrected chi connectivity index (χ3v) is 4.00. The topological polar surface area (TPSA) is 62.8 Å². The summed E-state index contributed by atoms with van der Waals surface area (Å²) in [6.07, 6.45) is 3.39. The summed E-state index contributed by atoms with van der Waals surface area (Å²) < 4.78 is 23.0.